The van der Waals surface area contributed by atoms with Gasteiger partial charge in [0.1, 0.15) is 0 Å². The highest BCUT2D eigenvalue weighted by Crippen LogP contribution is 2.29. The summed E-state index contributed by atoms with van der Waals surface area (Å²) in [6.45, 7) is 0. The molecule has 0 radical (unpaired) electrons. The van der Waals surface area contributed by atoms with E-state index >= 15 is 0 Å². The summed E-state index contributed by atoms with van der Waals surface area (Å²) in [6, 6.07) is 0. The third kappa shape index (κ3) is 9.40. The normalized spacial score (nSPS) is 14.4. The predicted molar refractivity (Wildman–Crippen MR) is 127 cm³/mol. The number of hydrogen-bond donors (Lipinski definition) is 0. The Morgan fingerprint density at radius 3 is 0.686 bits per heavy atom. The molecule has 0 aromatic heterocycles. The molecule has 0 heterocycles. The summed E-state index contributed by atoms with van der Waals surface area (Å²) in [5.74, 6) is 0. The zero-order chi connectivity index (χ0) is 27.2. The fourth-order valence-electron chi connectivity index (χ4n) is 2.34. The van der Waals surface area contributed by atoms with Crippen LogP contribution in [0.25, 0.3) is 0 Å². The van der Waals surface area contributed by atoms with Gasteiger partial charge in [-0.1, -0.05) is 0 Å². The first-order chi connectivity index (χ1) is 16.6. The lowest BCUT2D eigenvalue weighted by atomic mass is 11.8. The van der Waals surface area contributed by atoms with Crippen LogP contribution in [0.3, 0.4) is 0 Å². The molecule has 0 saturated carbocycles. The molecular formula is C12H38O17Si6. The van der Waals surface area contributed by atoms with Crippen molar-refractivity contribution in [2.45, 2.75) is 0 Å². The minimum atomic E-state index is -4.68. The highest BCUT2D eigenvalue weighted by molar-refractivity contribution is 6.81. The molecule has 0 rings (SSSR count). The van der Waals surface area contributed by atoms with Gasteiger partial charge in [-0.15, -0.1) is 0 Å². The van der Waals surface area contributed by atoms with Crippen LogP contribution in [0.2, 0.25) is 0 Å². The minimum absolute atomic E-state index is 1.30. The summed E-state index contributed by atoms with van der Waals surface area (Å²) in [5.41, 5.74) is 0. The van der Waals surface area contributed by atoms with Crippen LogP contribution >= 0.6 is 0 Å². The molecule has 0 amide bonds. The Balaban J connectivity index is 6.72. The van der Waals surface area contributed by atoms with E-state index < -0.39 is 55.2 Å². The van der Waals surface area contributed by atoms with Crippen molar-refractivity contribution in [1.29, 1.82) is 0 Å². The summed E-state index contributed by atoms with van der Waals surface area (Å²) in [5, 5.41) is 0. The molecule has 0 spiro atoms. The lowest BCUT2D eigenvalue weighted by molar-refractivity contribution is -0.0516. The van der Waals surface area contributed by atoms with Crippen molar-refractivity contribution in [3.05, 3.63) is 0 Å². The number of rotatable bonds is 22. The smallest absolute Gasteiger partial charge is 0.377 e. The number of hydrogen-bond acceptors (Lipinski definition) is 17. The molecule has 0 aliphatic rings. The first-order valence-corrected chi connectivity index (χ1v) is 18.9. The Hall–Kier alpha value is 0.621. The second kappa shape index (κ2) is 16.6. The lowest BCUT2D eigenvalue weighted by Crippen LogP contribution is -2.71. The van der Waals surface area contributed by atoms with Crippen LogP contribution in [0, 0.1) is 0 Å². The van der Waals surface area contributed by atoms with E-state index in [1.165, 1.54) is 85.3 Å². The van der Waals surface area contributed by atoms with Gasteiger partial charge >= 0.3 is 45.2 Å². The van der Waals surface area contributed by atoms with E-state index in [0.29, 0.717) is 0 Å². The molecule has 17 nitrogen and oxygen atoms in total. The fraction of sp³-hybridized carbons (Fsp3) is 1.00. The molecule has 0 saturated heterocycles. The maximum Gasteiger partial charge on any atom is 0.673 e. The molecule has 0 N–H and O–H groups in total. The van der Waals surface area contributed by atoms with Crippen molar-refractivity contribution in [2.75, 3.05) is 85.3 Å². The summed E-state index contributed by atoms with van der Waals surface area (Å²) in [7, 11) is -6.51. The Kier molecular flexibility index (Phi) is 16.8. The standard InChI is InChI=1S/C12H38O17Si6/c1-13-31(14-2,15-3)25-30-26-35(27-32(16-4,17-5)18-6,28-33(19-7,20-8)21-9)29-34(22-10,23-11)24-12/h30H2,1-12H3. The van der Waals surface area contributed by atoms with Gasteiger partial charge in [0.2, 0.25) is 0 Å². The summed E-state index contributed by atoms with van der Waals surface area (Å²) in [4.78, 5) is 0. The van der Waals surface area contributed by atoms with Gasteiger partial charge in [-0.05, 0) is 0 Å². The summed E-state index contributed by atoms with van der Waals surface area (Å²) >= 11 is 0. The zero-order valence-electron chi connectivity index (χ0n) is 22.1. The first-order valence-electron chi connectivity index (χ1n) is 9.56. The van der Waals surface area contributed by atoms with E-state index in [4.69, 9.17) is 73.7 Å². The van der Waals surface area contributed by atoms with Gasteiger partial charge in [0.15, 0.2) is 0 Å². The minimum Gasteiger partial charge on any atom is -0.377 e. The second-order valence-electron chi connectivity index (χ2n) is 5.66. The molecule has 0 atom stereocenters. The van der Waals surface area contributed by atoms with Crippen LogP contribution in [-0.4, -0.2) is 141 Å². The molecular weight excluding hydrogens is 585 g/mol. The van der Waals surface area contributed by atoms with Gasteiger partial charge in [-0.25, -0.2) is 0 Å². The highest BCUT2D eigenvalue weighted by Gasteiger charge is 2.69. The molecule has 35 heavy (non-hydrogen) atoms. The van der Waals surface area contributed by atoms with E-state index in [-0.39, 0.29) is 0 Å². The molecule has 0 unspecified atom stereocenters. The maximum atomic E-state index is 6.09. The Labute approximate surface area is 214 Å². The van der Waals surface area contributed by atoms with Gasteiger partial charge in [-0.3, -0.25) is 0 Å². The monoisotopic (exact) mass is 622 g/mol. The van der Waals surface area contributed by atoms with Gasteiger partial charge in [0, 0.05) is 85.3 Å². The van der Waals surface area contributed by atoms with E-state index in [0.717, 1.165) is 0 Å². The quantitative estimate of drug-likeness (QED) is 0.122. The topological polar surface area (TPSA) is 157 Å². The lowest BCUT2D eigenvalue weighted by Gasteiger charge is -2.40. The van der Waals surface area contributed by atoms with Gasteiger partial charge < -0.3 is 73.7 Å². The van der Waals surface area contributed by atoms with Crippen LogP contribution in [0.15, 0.2) is 0 Å². The van der Waals surface area contributed by atoms with Crippen LogP contribution in [0.5, 0.6) is 0 Å². The van der Waals surface area contributed by atoms with Crippen molar-refractivity contribution < 1.29 is 73.7 Å². The average Bonchev–Trinajstić information content (AvgIpc) is 2.92. The third-order valence-corrected chi connectivity index (χ3v) is 20.0. The second-order valence-corrected chi connectivity index (χ2v) is 20.6. The van der Waals surface area contributed by atoms with Crippen LogP contribution < -0.4 is 0 Å². The van der Waals surface area contributed by atoms with Crippen molar-refractivity contribution in [2.24, 2.45) is 0 Å². The summed E-state index contributed by atoms with van der Waals surface area (Å²) in [6.07, 6.45) is 0. The molecule has 0 aliphatic heterocycles. The van der Waals surface area contributed by atoms with Crippen LogP contribution in [-0.2, 0) is 73.7 Å². The SMILES string of the molecule is CO[Si](OC)(OC)O[SiH2]O[Si](O[Si](OC)(OC)OC)(O[Si](OC)(OC)OC)O[Si](OC)(OC)OC. The fourth-order valence-corrected chi connectivity index (χ4v) is 18.3. The Morgan fingerprint density at radius 1 is 0.286 bits per heavy atom. The zero-order valence-corrected chi connectivity index (χ0v) is 28.6. The largest absolute Gasteiger partial charge is 0.673 e. The van der Waals surface area contributed by atoms with E-state index in [2.05, 4.69) is 0 Å². The van der Waals surface area contributed by atoms with E-state index in [1.54, 1.807) is 0 Å². The molecule has 23 heteroatoms. The molecule has 0 aromatic carbocycles. The van der Waals surface area contributed by atoms with Crippen molar-refractivity contribution >= 4 is 55.2 Å². The van der Waals surface area contributed by atoms with Gasteiger partial charge in [-0.2, -0.15) is 0 Å². The summed E-state index contributed by atoms with van der Waals surface area (Å²) < 4.78 is 94.4. The molecule has 0 fully saturated rings. The molecule has 0 aromatic rings. The van der Waals surface area contributed by atoms with Gasteiger partial charge in [0.25, 0.3) is 10.0 Å². The van der Waals surface area contributed by atoms with Crippen LogP contribution in [0.1, 0.15) is 0 Å². The highest BCUT2D eigenvalue weighted by atomic mass is 28.6. The Bertz CT molecular complexity index is 474. The third-order valence-electron chi connectivity index (χ3n) is 4.22. The van der Waals surface area contributed by atoms with Gasteiger partial charge in [0.05, 0.1) is 0 Å². The van der Waals surface area contributed by atoms with Crippen molar-refractivity contribution in [3.63, 3.8) is 0 Å². The van der Waals surface area contributed by atoms with Crippen LogP contribution in [0.4, 0.5) is 0 Å². The molecule has 0 bridgehead atoms. The molecule has 212 valence electrons. The maximum absolute atomic E-state index is 6.09. The first kappa shape index (κ1) is 35.6. The average molecular weight is 623 g/mol. The Morgan fingerprint density at radius 2 is 0.486 bits per heavy atom. The van der Waals surface area contributed by atoms with Crippen molar-refractivity contribution in [3.8, 4) is 0 Å². The van der Waals surface area contributed by atoms with E-state index in [1.807, 2.05) is 0 Å². The predicted octanol–water partition coefficient (Wildman–Crippen LogP) is -2.00. The van der Waals surface area contributed by atoms with E-state index in [9.17, 15) is 0 Å². The molecule has 0 aliphatic carbocycles. The van der Waals surface area contributed by atoms with Crippen molar-refractivity contribution in [1.82, 2.24) is 0 Å².